The Morgan fingerprint density at radius 2 is 1.60 bits per heavy atom. The molecule has 138 valence electrons. The summed E-state index contributed by atoms with van der Waals surface area (Å²) in [5.41, 5.74) is 0.215. The summed E-state index contributed by atoms with van der Waals surface area (Å²) in [6.45, 7) is 10.1. The Morgan fingerprint density at radius 1 is 1.04 bits per heavy atom. The van der Waals surface area contributed by atoms with Gasteiger partial charge in [-0.3, -0.25) is 4.79 Å². The highest BCUT2D eigenvalue weighted by molar-refractivity contribution is 5.92. The van der Waals surface area contributed by atoms with Gasteiger partial charge in [0.1, 0.15) is 0 Å². The summed E-state index contributed by atoms with van der Waals surface area (Å²) in [6, 6.07) is 3.03. The van der Waals surface area contributed by atoms with Crippen LogP contribution in [-0.4, -0.2) is 44.8 Å². The largest absolute Gasteiger partial charge is 0.490 e. The van der Waals surface area contributed by atoms with Crippen molar-refractivity contribution in [2.24, 2.45) is 0 Å². The van der Waals surface area contributed by atoms with E-state index in [1.807, 2.05) is 20.8 Å². The van der Waals surface area contributed by atoms with Crippen LogP contribution in [0, 0.1) is 0 Å². The summed E-state index contributed by atoms with van der Waals surface area (Å²) in [4.78, 5) is 23.7. The maximum Gasteiger partial charge on any atom is 0.338 e. The van der Waals surface area contributed by atoms with Gasteiger partial charge < -0.3 is 24.3 Å². The van der Waals surface area contributed by atoms with Crippen LogP contribution >= 0.6 is 0 Å². The van der Waals surface area contributed by atoms with Crippen LogP contribution < -0.4 is 19.5 Å². The molecule has 0 bridgehead atoms. The van der Waals surface area contributed by atoms with Crippen molar-refractivity contribution in [3.63, 3.8) is 0 Å². The Morgan fingerprint density at radius 3 is 2.08 bits per heavy atom. The molecule has 0 aliphatic rings. The molecule has 0 aliphatic carbocycles. The van der Waals surface area contributed by atoms with Crippen molar-refractivity contribution in [2.75, 3.05) is 33.0 Å². The number of esters is 1. The van der Waals surface area contributed by atoms with Crippen LogP contribution in [0.5, 0.6) is 17.2 Å². The number of amides is 1. The molecule has 0 aromatic heterocycles. The zero-order chi connectivity index (χ0) is 18.7. The van der Waals surface area contributed by atoms with Gasteiger partial charge in [0, 0.05) is 6.54 Å². The maximum absolute atomic E-state index is 12.2. The third-order valence-electron chi connectivity index (χ3n) is 2.92. The number of carbonyl (C=O) groups is 2. The molecule has 7 nitrogen and oxygen atoms in total. The van der Waals surface area contributed by atoms with Crippen molar-refractivity contribution in [1.82, 2.24) is 5.32 Å². The van der Waals surface area contributed by atoms with Gasteiger partial charge in [-0.25, -0.2) is 4.79 Å². The highest BCUT2D eigenvalue weighted by Gasteiger charge is 2.19. The fraction of sp³-hybridized carbons (Fsp3) is 0.444. The molecule has 7 heteroatoms. The molecule has 25 heavy (non-hydrogen) atoms. The van der Waals surface area contributed by atoms with Gasteiger partial charge in [0.2, 0.25) is 5.75 Å². The summed E-state index contributed by atoms with van der Waals surface area (Å²) in [5.74, 6) is 0.149. The SMILES string of the molecule is C=CCNC(=O)COC(=O)c1cc(OCC)c(OCC)c(OCC)c1. The summed E-state index contributed by atoms with van der Waals surface area (Å²) in [6.07, 6.45) is 1.54. The minimum atomic E-state index is -0.654. The van der Waals surface area contributed by atoms with Gasteiger partial charge in [-0.15, -0.1) is 6.58 Å². The Kier molecular flexibility index (Phi) is 8.92. The maximum atomic E-state index is 12.2. The molecule has 1 aromatic carbocycles. The van der Waals surface area contributed by atoms with Crippen molar-refractivity contribution in [3.05, 3.63) is 30.4 Å². The van der Waals surface area contributed by atoms with E-state index in [0.717, 1.165) is 0 Å². The van der Waals surface area contributed by atoms with Crippen molar-refractivity contribution >= 4 is 11.9 Å². The Hall–Kier alpha value is -2.70. The molecule has 1 aromatic rings. The molecule has 0 saturated carbocycles. The fourth-order valence-electron chi connectivity index (χ4n) is 1.96. The lowest BCUT2D eigenvalue weighted by atomic mass is 10.2. The number of benzene rings is 1. The quantitative estimate of drug-likeness (QED) is 0.487. The van der Waals surface area contributed by atoms with Crippen molar-refractivity contribution in [2.45, 2.75) is 20.8 Å². The molecule has 0 spiro atoms. The number of nitrogens with one attached hydrogen (secondary N) is 1. The van der Waals surface area contributed by atoms with Crippen LogP contribution in [0.1, 0.15) is 31.1 Å². The van der Waals surface area contributed by atoms with Gasteiger partial charge in [0.25, 0.3) is 5.91 Å². The summed E-state index contributed by atoms with van der Waals surface area (Å²) >= 11 is 0. The molecule has 0 unspecified atom stereocenters. The van der Waals surface area contributed by atoms with E-state index in [0.29, 0.717) is 43.6 Å². The zero-order valence-corrected chi connectivity index (χ0v) is 14.9. The first kappa shape index (κ1) is 20.3. The number of ether oxygens (including phenoxy) is 4. The lowest BCUT2D eigenvalue weighted by Gasteiger charge is -2.16. The van der Waals surface area contributed by atoms with Gasteiger partial charge in [-0.1, -0.05) is 6.08 Å². The van der Waals surface area contributed by atoms with Gasteiger partial charge in [-0.05, 0) is 32.9 Å². The van der Waals surface area contributed by atoms with Crippen molar-refractivity contribution in [3.8, 4) is 17.2 Å². The fourth-order valence-corrected chi connectivity index (χ4v) is 1.96. The van der Waals surface area contributed by atoms with E-state index in [-0.39, 0.29) is 12.2 Å². The number of hydrogen-bond donors (Lipinski definition) is 1. The topological polar surface area (TPSA) is 83.1 Å². The van der Waals surface area contributed by atoms with Crippen LogP contribution in [-0.2, 0) is 9.53 Å². The van der Waals surface area contributed by atoms with Gasteiger partial charge in [0.05, 0.1) is 25.4 Å². The number of hydrogen-bond acceptors (Lipinski definition) is 6. The monoisotopic (exact) mass is 351 g/mol. The molecule has 1 amide bonds. The van der Waals surface area contributed by atoms with Crippen molar-refractivity contribution in [1.29, 1.82) is 0 Å². The van der Waals surface area contributed by atoms with Gasteiger partial charge in [0.15, 0.2) is 18.1 Å². The first-order chi connectivity index (χ1) is 12.1. The molecule has 0 heterocycles. The Balaban J connectivity index is 2.98. The summed E-state index contributed by atoms with van der Waals surface area (Å²) in [7, 11) is 0. The lowest BCUT2D eigenvalue weighted by molar-refractivity contribution is -0.124. The van der Waals surface area contributed by atoms with Crippen LogP contribution in [0.25, 0.3) is 0 Å². The summed E-state index contributed by atoms with van der Waals surface area (Å²) < 4.78 is 21.7. The molecule has 1 rings (SSSR count). The van der Waals surface area contributed by atoms with E-state index in [1.165, 1.54) is 18.2 Å². The van der Waals surface area contributed by atoms with Crippen LogP contribution in [0.4, 0.5) is 0 Å². The van der Waals surface area contributed by atoms with E-state index in [1.54, 1.807) is 0 Å². The second kappa shape index (κ2) is 11.0. The second-order valence-electron chi connectivity index (χ2n) is 4.77. The van der Waals surface area contributed by atoms with E-state index < -0.39 is 11.9 Å². The lowest BCUT2D eigenvalue weighted by Crippen LogP contribution is -2.28. The molecule has 0 fully saturated rings. The Bertz CT molecular complexity index is 572. The van der Waals surface area contributed by atoms with E-state index >= 15 is 0 Å². The second-order valence-corrected chi connectivity index (χ2v) is 4.77. The highest BCUT2D eigenvalue weighted by Crippen LogP contribution is 2.39. The number of rotatable bonds is 11. The van der Waals surface area contributed by atoms with Gasteiger partial charge in [-0.2, -0.15) is 0 Å². The highest BCUT2D eigenvalue weighted by atomic mass is 16.5. The van der Waals surface area contributed by atoms with E-state index in [2.05, 4.69) is 11.9 Å². The standard InChI is InChI=1S/C18H25NO6/c1-5-9-19-16(20)12-25-18(21)13-10-14(22-6-2)17(24-8-4)15(11-13)23-7-3/h5,10-11H,1,6-9,12H2,2-4H3,(H,19,20). The van der Waals surface area contributed by atoms with Crippen LogP contribution in [0.15, 0.2) is 24.8 Å². The molecule has 1 N–H and O–H groups in total. The van der Waals surface area contributed by atoms with Crippen molar-refractivity contribution < 1.29 is 28.5 Å². The molecule has 0 aliphatic heterocycles. The van der Waals surface area contributed by atoms with E-state index in [9.17, 15) is 9.59 Å². The molecular weight excluding hydrogens is 326 g/mol. The third kappa shape index (κ3) is 6.37. The molecule has 0 saturated heterocycles. The average Bonchev–Trinajstić information content (AvgIpc) is 2.60. The van der Waals surface area contributed by atoms with E-state index in [4.69, 9.17) is 18.9 Å². The molecule has 0 radical (unpaired) electrons. The Labute approximate surface area is 147 Å². The molecule has 0 atom stereocenters. The number of carbonyl (C=O) groups excluding carboxylic acids is 2. The third-order valence-corrected chi connectivity index (χ3v) is 2.92. The van der Waals surface area contributed by atoms with Crippen LogP contribution in [0.3, 0.4) is 0 Å². The first-order valence-corrected chi connectivity index (χ1v) is 8.18. The minimum Gasteiger partial charge on any atom is -0.490 e. The smallest absolute Gasteiger partial charge is 0.338 e. The average molecular weight is 351 g/mol. The normalized spacial score (nSPS) is 9.88. The first-order valence-electron chi connectivity index (χ1n) is 8.18. The van der Waals surface area contributed by atoms with Crippen LogP contribution in [0.2, 0.25) is 0 Å². The molecular formula is C18H25NO6. The predicted molar refractivity (Wildman–Crippen MR) is 93.4 cm³/mol. The predicted octanol–water partition coefficient (Wildman–Crippen LogP) is 2.34. The summed E-state index contributed by atoms with van der Waals surface area (Å²) in [5, 5.41) is 2.52. The zero-order valence-electron chi connectivity index (χ0n) is 14.9. The van der Waals surface area contributed by atoms with Gasteiger partial charge >= 0.3 is 5.97 Å². The minimum absolute atomic E-state index is 0.215.